The summed E-state index contributed by atoms with van der Waals surface area (Å²) in [6, 6.07) is -7.82. The molecule has 7 amide bonds. The van der Waals surface area contributed by atoms with E-state index in [0.29, 0.717) is 18.4 Å². The van der Waals surface area contributed by atoms with Gasteiger partial charge in [-0.15, -0.1) is 0 Å². The molecule has 35 nitrogen and oxygen atoms in total. The van der Waals surface area contributed by atoms with Crippen LogP contribution in [0.2, 0.25) is 0 Å². The first-order valence-corrected chi connectivity index (χ1v) is 50.0. The Kier molecular flexibility index (Phi) is 48.7. The summed E-state index contributed by atoms with van der Waals surface area (Å²) in [6.45, 7) is 31.8. The highest BCUT2D eigenvalue weighted by Crippen LogP contribution is 2.71. The highest BCUT2D eigenvalue weighted by Gasteiger charge is 2.76. The SMILES string of the molecule is C.C/C=C/C[C@@H](C)[C@@H](OC(=O)OCOC(=O)CCC(=O)OCCOCCOCCOC(=O)CCC(=O)OCC(=O)[C@@]1(O)[C@H](C)CC2C3CCC4=CC(=O)C=C[C@]4(C)[C@@]3(F)[C@@H](O)C[C@@]21C)C1C(=O)CC(CC)C(=O)N(C)CC(=O)N(C)[C@@H](CC(C)C)C(=O)CC(C(C)C)C(=O)N(C)C(CC(C)C)C(=O)CC(C)C(=O)CC(C)C(=O)N(C)C(CC(C)C)C(=O)N(C)C(CC(C)C)C(=O)N(C)C(C(C)C)C(=O)N1C. The molecule has 0 bridgehead atoms. The van der Waals surface area contributed by atoms with Gasteiger partial charge < -0.3 is 82.4 Å². The van der Waals surface area contributed by atoms with Crippen molar-refractivity contribution in [3.63, 3.8) is 0 Å². The van der Waals surface area contributed by atoms with Crippen molar-refractivity contribution in [2.75, 3.05) is 109 Å². The van der Waals surface area contributed by atoms with Gasteiger partial charge in [0, 0.05) is 115 Å². The molecule has 5 rings (SSSR count). The fourth-order valence-electron chi connectivity index (χ4n) is 21.0. The van der Waals surface area contributed by atoms with Crippen LogP contribution >= 0.6 is 0 Å². The molecule has 0 aromatic carbocycles. The van der Waals surface area contributed by atoms with Crippen molar-refractivity contribution in [2.45, 2.75) is 321 Å². The number of esters is 4. The third-order valence-electron chi connectivity index (χ3n) is 29.4. The second kappa shape index (κ2) is 55.5. The van der Waals surface area contributed by atoms with Gasteiger partial charge in [0.1, 0.15) is 54.9 Å². The second-order valence-electron chi connectivity index (χ2n) is 42.4. The van der Waals surface area contributed by atoms with E-state index in [9.17, 15) is 77.3 Å². The number of allylic oxidation sites excluding steroid dienone is 6. The van der Waals surface area contributed by atoms with Crippen LogP contribution in [0.3, 0.4) is 0 Å². The maximum absolute atomic E-state index is 17.6. The molecule has 36 heteroatoms. The van der Waals surface area contributed by atoms with E-state index in [4.69, 9.17) is 37.9 Å². The molecule has 3 saturated carbocycles. The van der Waals surface area contributed by atoms with Crippen LogP contribution in [0, 0.1) is 93.7 Å². The molecule has 20 atom stereocenters. The topological polar surface area (TPSA) is 444 Å². The van der Waals surface area contributed by atoms with E-state index >= 15 is 23.6 Å². The minimum absolute atomic E-state index is 0. The third-order valence-corrected chi connectivity index (χ3v) is 29.4. The number of carbonyl (C=O) groups excluding carboxylic acids is 18. The zero-order valence-corrected chi connectivity index (χ0v) is 88.2. The Morgan fingerprint density at radius 1 is 0.525 bits per heavy atom. The van der Waals surface area contributed by atoms with Gasteiger partial charge in [0.25, 0.3) is 0 Å². The van der Waals surface area contributed by atoms with Crippen LogP contribution in [0.4, 0.5) is 9.18 Å². The minimum atomic E-state index is -2.18. The lowest BCUT2D eigenvalue weighted by molar-refractivity contribution is -0.220. The summed E-state index contributed by atoms with van der Waals surface area (Å²) >= 11 is 0. The number of hydrogen-bond donors (Lipinski definition) is 2. The lowest BCUT2D eigenvalue weighted by Crippen LogP contribution is -2.69. The van der Waals surface area contributed by atoms with Gasteiger partial charge in [-0.05, 0) is 143 Å². The first-order chi connectivity index (χ1) is 65.3. The Labute approximate surface area is 834 Å². The van der Waals surface area contributed by atoms with Gasteiger partial charge in [-0.1, -0.05) is 156 Å². The summed E-state index contributed by atoms with van der Waals surface area (Å²) in [5.41, 5.74) is -6.22. The molecule has 1 saturated heterocycles. The Bertz CT molecular complexity index is 4450. The smallest absolute Gasteiger partial charge is 0.463 e. The number of fused-ring (bicyclic) bond motifs is 5. The first kappa shape index (κ1) is 124. The monoisotopic (exact) mass is 1990 g/mol. The maximum atomic E-state index is 17.6. The van der Waals surface area contributed by atoms with E-state index in [1.807, 2.05) is 55.4 Å². The number of amides is 7. The van der Waals surface area contributed by atoms with Crippen molar-refractivity contribution >= 4 is 106 Å². The fourth-order valence-corrected chi connectivity index (χ4v) is 21.0. The van der Waals surface area contributed by atoms with Crippen molar-refractivity contribution in [1.29, 1.82) is 0 Å². The van der Waals surface area contributed by atoms with Gasteiger partial charge >= 0.3 is 30.0 Å². The van der Waals surface area contributed by atoms with Gasteiger partial charge in [-0.3, -0.25) is 81.5 Å². The van der Waals surface area contributed by atoms with Crippen molar-refractivity contribution in [2.24, 2.45) is 93.7 Å². The molecule has 0 radical (unpaired) electrons. The Morgan fingerprint density at radius 3 is 1.50 bits per heavy atom. The second-order valence-corrected chi connectivity index (χ2v) is 42.4. The van der Waals surface area contributed by atoms with Crippen LogP contribution < -0.4 is 0 Å². The summed E-state index contributed by atoms with van der Waals surface area (Å²) in [7, 11) is 9.82. The molecule has 1 heterocycles. The number of ether oxygens (including phenoxy) is 8. The highest BCUT2D eigenvalue weighted by molar-refractivity contribution is 6.02. The zero-order valence-electron chi connectivity index (χ0n) is 88.2. The lowest BCUT2D eigenvalue weighted by Gasteiger charge is -2.62. The number of aliphatic hydroxyl groups excluding tert-OH is 1. The largest absolute Gasteiger partial charge is 0.511 e. The average Bonchev–Trinajstić information content (AvgIpc) is 1.56. The number of rotatable bonds is 36. The number of Topliss-reactive ketones (excluding diaryl/α,β-unsaturated/α-hetero) is 5. The number of halogens is 1. The molecule has 798 valence electrons. The number of hydrogen-bond acceptors (Lipinski definition) is 28. The first-order valence-electron chi connectivity index (χ1n) is 50.0. The lowest BCUT2D eigenvalue weighted by atomic mass is 9.44. The fraction of sp³-hybridized carbons (Fsp3) is 0.771. The van der Waals surface area contributed by atoms with E-state index in [1.165, 1.54) is 92.1 Å². The van der Waals surface area contributed by atoms with Gasteiger partial charge in [0.15, 0.2) is 35.4 Å². The molecule has 141 heavy (non-hydrogen) atoms. The number of nitrogens with zero attached hydrogens (tertiary/aromatic N) is 7. The van der Waals surface area contributed by atoms with E-state index in [-0.39, 0.29) is 147 Å². The predicted molar refractivity (Wildman–Crippen MR) is 522 cm³/mol. The quantitative estimate of drug-likeness (QED) is 0.0193. The van der Waals surface area contributed by atoms with Crippen LogP contribution in [0.15, 0.2) is 36.0 Å². The molecule has 0 spiro atoms. The Hall–Kier alpha value is -9.55. The molecule has 11 unspecified atom stereocenters. The number of carbonyl (C=O) groups is 18. The Balaban J connectivity index is 0.0000415. The molecule has 4 aliphatic carbocycles. The molecule has 2 N–H and O–H groups in total. The molecular formula is C105H168FN7O28. The summed E-state index contributed by atoms with van der Waals surface area (Å²) in [5.74, 6) is -20.2. The summed E-state index contributed by atoms with van der Waals surface area (Å²) in [4.78, 5) is 266. The van der Waals surface area contributed by atoms with E-state index in [0.717, 1.165) is 9.80 Å². The minimum Gasteiger partial charge on any atom is -0.463 e. The van der Waals surface area contributed by atoms with Gasteiger partial charge in [-0.2, -0.15) is 0 Å². The molecule has 0 aromatic heterocycles. The van der Waals surface area contributed by atoms with Crippen molar-refractivity contribution in [3.8, 4) is 0 Å². The standard InChI is InChI=1S/C104H164FN7O28.CH4/c1-28-30-31-66(15)93(140-100(131)139-59-138-90(124)37-35-88(122)136-45-43-134-41-40-133-42-44-135-87(121)34-36-89(123)137-58-85(119)104(132)69(18)52-75-74-33-32-71-54-72(113)38-39-101(71,19)103(74,105)84(118)56-102(75,104)20)92-83(117)53-70(29-2)95(126)106(21)57-86(120)107(22)76(46-60(3)4)82(116)55-73(64(11)12)96(127)108(23)77(47-61(5)6)81(115)50-67(16)80(114)51-68(17)94(125)109(24)78(48-62(7)8)97(128)110(25)79(49-63(9)10)98(129)111(26)91(65(13)14)99(130)112(92)27;/h28,30,38-39,54,60-70,73-79,84,91-93,118,132H,29,31-37,40-53,55-59H2,1-27H3;1H4/b30-28+;/t66-,67?,68?,69-,70?,73?,74?,75?,76+,77?,78?,79?,84+,91?,92?,93-,101+,102+,103+,104+;/m1./s1. The van der Waals surface area contributed by atoms with Gasteiger partial charge in [0.2, 0.25) is 53.9 Å². The molecule has 1 aliphatic heterocycles. The van der Waals surface area contributed by atoms with Crippen LogP contribution in [-0.2, 0) is 119 Å². The van der Waals surface area contributed by atoms with E-state index in [2.05, 4.69) is 0 Å². The van der Waals surface area contributed by atoms with Crippen LogP contribution in [0.5, 0.6) is 0 Å². The zero-order chi connectivity index (χ0) is 106. The number of ketones is 6. The summed E-state index contributed by atoms with van der Waals surface area (Å²) in [6.07, 6.45) is 0.772. The average molecular weight is 2000 g/mol. The Morgan fingerprint density at radius 2 is 0.993 bits per heavy atom. The summed E-state index contributed by atoms with van der Waals surface area (Å²) < 4.78 is 60.7. The molecule has 0 aromatic rings. The van der Waals surface area contributed by atoms with Gasteiger partial charge in [0.05, 0.1) is 76.8 Å². The van der Waals surface area contributed by atoms with Crippen LogP contribution in [0.1, 0.15) is 261 Å². The van der Waals surface area contributed by atoms with Gasteiger partial charge in [-0.25, -0.2) is 9.18 Å². The summed E-state index contributed by atoms with van der Waals surface area (Å²) in [5, 5.41) is 23.9. The third kappa shape index (κ3) is 31.7. The number of likely N-dealkylation sites (N-methyl/N-ethyl adjacent to an activating group) is 7. The van der Waals surface area contributed by atoms with Crippen LogP contribution in [0.25, 0.3) is 0 Å². The number of aliphatic hydroxyl groups is 2. The highest BCUT2D eigenvalue weighted by atomic mass is 19.1. The van der Waals surface area contributed by atoms with Crippen molar-refractivity contribution in [3.05, 3.63) is 36.0 Å². The maximum Gasteiger partial charge on any atom is 0.511 e. The van der Waals surface area contributed by atoms with Crippen molar-refractivity contribution in [1.82, 2.24) is 34.3 Å². The van der Waals surface area contributed by atoms with E-state index in [1.54, 1.807) is 95.2 Å². The number of alkyl halides is 1. The molecule has 5 aliphatic rings. The van der Waals surface area contributed by atoms with E-state index < -0.39 is 282 Å². The normalized spacial score (nSPS) is 29.0. The predicted octanol–water partition coefficient (Wildman–Crippen LogP) is 11.1. The molecule has 4 fully saturated rings. The molecular weight excluding hydrogens is 1830 g/mol. The van der Waals surface area contributed by atoms with Crippen LogP contribution in [-0.4, -0.2) is 319 Å². The van der Waals surface area contributed by atoms with Crippen molar-refractivity contribution < 1.29 is 139 Å².